The zero-order valence-corrected chi connectivity index (χ0v) is 10.7. The number of hydrogen-bond acceptors (Lipinski definition) is 4. The van der Waals surface area contributed by atoms with Gasteiger partial charge in [0.25, 0.3) is 0 Å². The van der Waals surface area contributed by atoms with Crippen molar-refractivity contribution in [3.05, 3.63) is 23.8 Å². The Labute approximate surface area is 106 Å². The summed E-state index contributed by atoms with van der Waals surface area (Å²) in [6.45, 7) is 3.72. The molecule has 1 unspecified atom stereocenters. The first-order chi connectivity index (χ1) is 8.70. The molecule has 1 atom stereocenters. The third-order valence-electron chi connectivity index (χ3n) is 2.90. The minimum atomic E-state index is -0.277. The molecule has 2 rings (SSSR count). The highest BCUT2D eigenvalue weighted by Gasteiger charge is 2.21. The molecule has 0 spiro atoms. The van der Waals surface area contributed by atoms with Gasteiger partial charge in [-0.25, -0.2) is 0 Å². The van der Waals surface area contributed by atoms with E-state index in [4.69, 9.17) is 9.47 Å². The lowest BCUT2D eigenvalue weighted by atomic mass is 10.2. The van der Waals surface area contributed by atoms with Crippen molar-refractivity contribution in [2.75, 3.05) is 32.2 Å². The monoisotopic (exact) mass is 250 g/mol. The predicted octanol–water partition coefficient (Wildman–Crippen LogP) is 0.931. The van der Waals surface area contributed by atoms with Crippen LogP contribution in [0, 0.1) is 6.92 Å². The summed E-state index contributed by atoms with van der Waals surface area (Å²) in [6.07, 6.45) is 0. The Morgan fingerprint density at radius 3 is 3.00 bits per heavy atom. The van der Waals surface area contributed by atoms with Crippen molar-refractivity contribution in [2.45, 2.75) is 13.0 Å². The highest BCUT2D eigenvalue weighted by molar-refractivity contribution is 5.95. The van der Waals surface area contributed by atoms with Gasteiger partial charge in [-0.3, -0.25) is 4.79 Å². The zero-order valence-electron chi connectivity index (χ0n) is 10.7. The second-order valence-electron chi connectivity index (χ2n) is 4.26. The fraction of sp³-hybridized carbons (Fsp3) is 0.462. The fourth-order valence-electron chi connectivity index (χ4n) is 1.92. The normalized spacial score (nSPS) is 19.3. The van der Waals surface area contributed by atoms with Crippen LogP contribution >= 0.6 is 0 Å². The molecule has 1 aliphatic heterocycles. The lowest BCUT2D eigenvalue weighted by Gasteiger charge is -2.23. The van der Waals surface area contributed by atoms with Crippen LogP contribution in [0.1, 0.15) is 5.56 Å². The van der Waals surface area contributed by atoms with E-state index in [0.29, 0.717) is 19.8 Å². The maximum Gasteiger partial charge on any atom is 0.243 e. The number of carbonyl (C=O) groups excluding carboxylic acids is 1. The maximum absolute atomic E-state index is 11.9. The number of ether oxygens (including phenoxy) is 2. The highest BCUT2D eigenvalue weighted by Crippen LogP contribution is 2.21. The lowest BCUT2D eigenvalue weighted by Crippen LogP contribution is -2.48. The van der Waals surface area contributed by atoms with Crippen molar-refractivity contribution >= 4 is 11.6 Å². The van der Waals surface area contributed by atoms with Gasteiger partial charge in [-0.1, -0.05) is 0 Å². The summed E-state index contributed by atoms with van der Waals surface area (Å²) in [5.41, 5.74) is 1.76. The summed E-state index contributed by atoms with van der Waals surface area (Å²) < 4.78 is 10.4. The van der Waals surface area contributed by atoms with E-state index in [-0.39, 0.29) is 11.9 Å². The van der Waals surface area contributed by atoms with Gasteiger partial charge in [0.2, 0.25) is 5.91 Å². The summed E-state index contributed by atoms with van der Waals surface area (Å²) in [4.78, 5) is 11.9. The van der Waals surface area contributed by atoms with Crippen LogP contribution in [0.4, 0.5) is 5.69 Å². The van der Waals surface area contributed by atoms with Gasteiger partial charge in [0, 0.05) is 12.2 Å². The first-order valence-corrected chi connectivity index (χ1v) is 5.97. The third kappa shape index (κ3) is 3.00. The predicted molar refractivity (Wildman–Crippen MR) is 69.0 cm³/mol. The van der Waals surface area contributed by atoms with Gasteiger partial charge in [-0.2, -0.15) is 0 Å². The zero-order chi connectivity index (χ0) is 13.0. The molecular formula is C13H18N2O3. The van der Waals surface area contributed by atoms with Crippen molar-refractivity contribution in [1.29, 1.82) is 0 Å². The number of amides is 1. The van der Waals surface area contributed by atoms with Crippen LogP contribution in [-0.4, -0.2) is 38.8 Å². The van der Waals surface area contributed by atoms with Crippen LogP contribution in [0.2, 0.25) is 0 Å². The minimum Gasteiger partial charge on any atom is -0.496 e. The van der Waals surface area contributed by atoms with E-state index in [1.54, 1.807) is 7.11 Å². The molecule has 0 bridgehead atoms. The molecule has 1 aliphatic rings. The Morgan fingerprint density at radius 1 is 1.56 bits per heavy atom. The second-order valence-corrected chi connectivity index (χ2v) is 4.26. The van der Waals surface area contributed by atoms with Crippen molar-refractivity contribution in [3.63, 3.8) is 0 Å². The van der Waals surface area contributed by atoms with Crippen molar-refractivity contribution in [2.24, 2.45) is 0 Å². The van der Waals surface area contributed by atoms with Crippen LogP contribution in [0.3, 0.4) is 0 Å². The molecule has 0 saturated carbocycles. The van der Waals surface area contributed by atoms with Crippen LogP contribution in [-0.2, 0) is 9.53 Å². The number of carbonyl (C=O) groups is 1. The average molecular weight is 250 g/mol. The van der Waals surface area contributed by atoms with E-state index >= 15 is 0 Å². The topological polar surface area (TPSA) is 59.6 Å². The number of methoxy groups -OCH3 is 1. The largest absolute Gasteiger partial charge is 0.496 e. The Kier molecular flexibility index (Phi) is 4.17. The van der Waals surface area contributed by atoms with Gasteiger partial charge in [0.15, 0.2) is 0 Å². The molecular weight excluding hydrogens is 232 g/mol. The molecule has 98 valence electrons. The smallest absolute Gasteiger partial charge is 0.243 e. The van der Waals surface area contributed by atoms with Crippen molar-refractivity contribution < 1.29 is 14.3 Å². The maximum atomic E-state index is 11.9. The number of aryl methyl sites for hydroxylation is 1. The number of anilines is 1. The van der Waals surface area contributed by atoms with Crippen LogP contribution < -0.4 is 15.4 Å². The Morgan fingerprint density at radius 2 is 2.39 bits per heavy atom. The average Bonchev–Trinajstić information content (AvgIpc) is 2.40. The van der Waals surface area contributed by atoms with Crippen LogP contribution in [0.5, 0.6) is 5.75 Å². The van der Waals surface area contributed by atoms with Gasteiger partial charge >= 0.3 is 0 Å². The number of benzene rings is 1. The van der Waals surface area contributed by atoms with Gasteiger partial charge in [-0.15, -0.1) is 0 Å². The SMILES string of the molecule is COc1ccc(NC(=O)C2COCCN2)cc1C. The van der Waals surface area contributed by atoms with Gasteiger partial charge in [0.1, 0.15) is 11.8 Å². The Bertz CT molecular complexity index is 428. The van der Waals surface area contributed by atoms with Gasteiger partial charge < -0.3 is 20.1 Å². The number of hydrogen-bond donors (Lipinski definition) is 2. The van der Waals surface area contributed by atoms with Gasteiger partial charge in [-0.05, 0) is 30.7 Å². The minimum absolute atomic E-state index is 0.0701. The number of nitrogens with one attached hydrogen (secondary N) is 2. The molecule has 5 nitrogen and oxygen atoms in total. The molecule has 2 N–H and O–H groups in total. The standard InChI is InChI=1S/C13H18N2O3/c1-9-7-10(3-4-12(9)17-2)15-13(16)11-8-18-6-5-14-11/h3-4,7,11,14H,5-6,8H2,1-2H3,(H,15,16). The first-order valence-electron chi connectivity index (χ1n) is 5.97. The third-order valence-corrected chi connectivity index (χ3v) is 2.90. The summed E-state index contributed by atoms with van der Waals surface area (Å²) in [7, 11) is 1.63. The van der Waals surface area contributed by atoms with E-state index < -0.39 is 0 Å². The summed E-state index contributed by atoms with van der Waals surface area (Å²) in [5, 5.41) is 5.98. The molecule has 0 aromatic heterocycles. The van der Waals surface area contributed by atoms with E-state index in [0.717, 1.165) is 17.0 Å². The fourth-order valence-corrected chi connectivity index (χ4v) is 1.92. The summed E-state index contributed by atoms with van der Waals surface area (Å²) in [6, 6.07) is 5.28. The first kappa shape index (κ1) is 12.9. The molecule has 0 aliphatic carbocycles. The Hall–Kier alpha value is -1.59. The summed E-state index contributed by atoms with van der Waals surface area (Å²) in [5.74, 6) is 0.742. The van der Waals surface area contributed by atoms with E-state index in [1.165, 1.54) is 0 Å². The van der Waals surface area contributed by atoms with Gasteiger partial charge in [0.05, 0.1) is 20.3 Å². The molecule has 1 saturated heterocycles. The van der Waals surface area contributed by atoms with Crippen molar-refractivity contribution in [3.8, 4) is 5.75 Å². The molecule has 1 fully saturated rings. The highest BCUT2D eigenvalue weighted by atomic mass is 16.5. The molecule has 1 aromatic carbocycles. The van der Waals surface area contributed by atoms with E-state index in [9.17, 15) is 4.79 Å². The molecule has 5 heteroatoms. The van der Waals surface area contributed by atoms with E-state index in [1.807, 2.05) is 25.1 Å². The molecule has 0 radical (unpaired) electrons. The molecule has 1 heterocycles. The molecule has 1 amide bonds. The molecule has 1 aromatic rings. The second kappa shape index (κ2) is 5.84. The van der Waals surface area contributed by atoms with Crippen LogP contribution in [0.25, 0.3) is 0 Å². The Balaban J connectivity index is 2.00. The lowest BCUT2D eigenvalue weighted by molar-refractivity contribution is -0.120. The number of rotatable bonds is 3. The molecule has 18 heavy (non-hydrogen) atoms. The summed E-state index contributed by atoms with van der Waals surface area (Å²) >= 11 is 0. The number of morpholine rings is 1. The van der Waals surface area contributed by atoms with E-state index in [2.05, 4.69) is 10.6 Å². The van der Waals surface area contributed by atoms with Crippen molar-refractivity contribution in [1.82, 2.24) is 5.32 Å². The van der Waals surface area contributed by atoms with Crippen LogP contribution in [0.15, 0.2) is 18.2 Å². The quantitative estimate of drug-likeness (QED) is 0.838.